The van der Waals surface area contributed by atoms with E-state index in [-0.39, 0.29) is 23.0 Å². The summed E-state index contributed by atoms with van der Waals surface area (Å²) < 4.78 is 13.1. The van der Waals surface area contributed by atoms with Crippen molar-refractivity contribution in [1.82, 2.24) is 15.0 Å². The largest absolute Gasteiger partial charge is 0.507 e. The highest BCUT2D eigenvalue weighted by atomic mass is 16.4. The Morgan fingerprint density at radius 2 is 1.40 bits per heavy atom. The first-order valence-electron chi connectivity index (χ1n) is 18.5. The third-order valence-electron chi connectivity index (χ3n) is 10.6. The lowest BCUT2D eigenvalue weighted by atomic mass is 9.82. The highest BCUT2D eigenvalue weighted by Crippen LogP contribution is 2.47. The van der Waals surface area contributed by atoms with Crippen LogP contribution >= 0.6 is 0 Å². The summed E-state index contributed by atoms with van der Waals surface area (Å²) in [5, 5.41) is 13.2. The van der Waals surface area contributed by atoms with Gasteiger partial charge in [-0.25, -0.2) is 15.0 Å². The maximum atomic E-state index is 11.4. The van der Waals surface area contributed by atoms with Gasteiger partial charge in [-0.05, 0) is 101 Å². The van der Waals surface area contributed by atoms with E-state index in [1.807, 2.05) is 32.0 Å². The van der Waals surface area contributed by atoms with Crippen molar-refractivity contribution in [3.05, 3.63) is 119 Å². The van der Waals surface area contributed by atoms with Crippen LogP contribution in [0.1, 0.15) is 88.3 Å². The number of hydrogen-bond acceptors (Lipinski definition) is 6. The van der Waals surface area contributed by atoms with E-state index < -0.39 is 0 Å². The summed E-state index contributed by atoms with van der Waals surface area (Å²) in [5.41, 5.74) is 14.0. The van der Waals surface area contributed by atoms with E-state index >= 15 is 0 Å². The van der Waals surface area contributed by atoms with Gasteiger partial charge < -0.3 is 13.9 Å². The number of phenolic OH excluding ortho intramolecular Hbond substituents is 1. The van der Waals surface area contributed by atoms with Crippen LogP contribution < -0.4 is 0 Å². The topological polar surface area (TPSA) is 85.2 Å². The number of aryl methyl sites for hydroxylation is 2. The van der Waals surface area contributed by atoms with E-state index in [2.05, 4.69) is 108 Å². The van der Waals surface area contributed by atoms with Crippen LogP contribution in [0.3, 0.4) is 0 Å². The van der Waals surface area contributed by atoms with Gasteiger partial charge in [0.1, 0.15) is 28.9 Å². The second-order valence-corrected chi connectivity index (χ2v) is 15.9. The molecule has 8 aromatic rings. The van der Waals surface area contributed by atoms with Crippen molar-refractivity contribution in [1.29, 1.82) is 0 Å². The molecule has 3 heterocycles. The SMILES string of the molecule is Cc1oc2ccc(O)c(-c3nc4c(-c5cc(-c6ncnc7ccccc67)cc(C(C)(C)C)c5)ccc(-c5c(C(C)C)cccc5C(C)C)c4o3)c2c1C. The number of para-hydroxylation sites is 1. The van der Waals surface area contributed by atoms with Gasteiger partial charge in [-0.3, -0.25) is 0 Å². The van der Waals surface area contributed by atoms with Gasteiger partial charge in [0.15, 0.2) is 5.58 Å². The third-order valence-corrected chi connectivity index (χ3v) is 10.6. The fraction of sp³-hybridized carbons (Fsp3) is 0.255. The molecule has 0 unspecified atom stereocenters. The standard InChI is InChI=1S/C47H45N3O3/c1-25(2)32-14-12-15-33(26(3)4)41(32)36-18-17-34(44-45(36)53-46(50-44)42-38(51)19-20-39-40(42)27(5)28(6)52-39)29-21-30(23-31(22-29)47(7,8)9)43-35-13-10-11-16-37(35)48-24-49-43/h10-26,51H,1-9H3. The Labute approximate surface area is 310 Å². The molecular weight excluding hydrogens is 655 g/mol. The zero-order valence-electron chi connectivity index (χ0n) is 31.9. The van der Waals surface area contributed by atoms with E-state index in [0.29, 0.717) is 22.6 Å². The van der Waals surface area contributed by atoms with E-state index in [1.54, 1.807) is 18.5 Å². The first-order chi connectivity index (χ1) is 25.3. The van der Waals surface area contributed by atoms with E-state index in [0.717, 1.165) is 61.1 Å². The first kappa shape index (κ1) is 34.3. The molecule has 0 bridgehead atoms. The Morgan fingerprint density at radius 3 is 2.11 bits per heavy atom. The van der Waals surface area contributed by atoms with E-state index in [1.165, 1.54) is 22.3 Å². The monoisotopic (exact) mass is 699 g/mol. The Hall–Kier alpha value is -5.75. The predicted molar refractivity (Wildman–Crippen MR) is 217 cm³/mol. The molecule has 3 aromatic heterocycles. The minimum atomic E-state index is -0.151. The Bertz CT molecular complexity index is 2670. The number of phenols is 1. The third kappa shape index (κ3) is 5.77. The van der Waals surface area contributed by atoms with Gasteiger partial charge in [-0.15, -0.1) is 0 Å². The van der Waals surface area contributed by atoms with E-state index in [9.17, 15) is 5.11 Å². The second-order valence-electron chi connectivity index (χ2n) is 15.9. The number of rotatable bonds is 6. The molecule has 0 spiro atoms. The molecule has 6 heteroatoms. The van der Waals surface area contributed by atoms with Crippen LogP contribution in [0.4, 0.5) is 0 Å². The molecule has 0 saturated carbocycles. The normalized spacial score (nSPS) is 12.3. The van der Waals surface area contributed by atoms with Crippen molar-refractivity contribution in [2.75, 3.05) is 0 Å². The fourth-order valence-electron chi connectivity index (χ4n) is 7.66. The summed E-state index contributed by atoms with van der Waals surface area (Å²) in [6, 6.07) is 29.3. The molecule has 0 atom stereocenters. The number of fused-ring (bicyclic) bond motifs is 3. The number of hydrogen-bond donors (Lipinski definition) is 1. The zero-order valence-corrected chi connectivity index (χ0v) is 31.9. The molecule has 0 amide bonds. The van der Waals surface area contributed by atoms with Crippen LogP contribution in [-0.2, 0) is 5.41 Å². The summed E-state index contributed by atoms with van der Waals surface area (Å²) in [5.74, 6) is 1.80. The van der Waals surface area contributed by atoms with Crippen LogP contribution in [0.5, 0.6) is 5.75 Å². The molecular formula is C47H45N3O3. The van der Waals surface area contributed by atoms with Gasteiger partial charge in [-0.2, -0.15) is 0 Å². The summed E-state index contributed by atoms with van der Waals surface area (Å²) >= 11 is 0. The molecule has 0 aliphatic carbocycles. The van der Waals surface area contributed by atoms with Crippen molar-refractivity contribution < 1.29 is 13.9 Å². The maximum Gasteiger partial charge on any atom is 0.231 e. The van der Waals surface area contributed by atoms with Crippen LogP contribution in [0, 0.1) is 13.8 Å². The highest BCUT2D eigenvalue weighted by molar-refractivity contribution is 6.05. The van der Waals surface area contributed by atoms with Crippen molar-refractivity contribution in [2.24, 2.45) is 0 Å². The number of aromatic nitrogens is 3. The van der Waals surface area contributed by atoms with Crippen LogP contribution in [0.2, 0.25) is 0 Å². The van der Waals surface area contributed by atoms with Gasteiger partial charge in [-0.1, -0.05) is 97.0 Å². The van der Waals surface area contributed by atoms with E-state index in [4.69, 9.17) is 18.8 Å². The molecule has 266 valence electrons. The highest BCUT2D eigenvalue weighted by Gasteiger charge is 2.27. The molecule has 1 N–H and O–H groups in total. The molecule has 53 heavy (non-hydrogen) atoms. The van der Waals surface area contributed by atoms with Crippen molar-refractivity contribution >= 4 is 33.0 Å². The summed E-state index contributed by atoms with van der Waals surface area (Å²) in [7, 11) is 0. The van der Waals surface area contributed by atoms with Gasteiger partial charge >= 0.3 is 0 Å². The van der Waals surface area contributed by atoms with Crippen molar-refractivity contribution in [3.63, 3.8) is 0 Å². The molecule has 0 aliphatic heterocycles. The predicted octanol–water partition coefficient (Wildman–Crippen LogP) is 13.1. The average molecular weight is 700 g/mol. The van der Waals surface area contributed by atoms with Gasteiger partial charge in [0, 0.05) is 27.5 Å². The number of furan rings is 1. The number of oxazole rings is 1. The lowest BCUT2D eigenvalue weighted by Gasteiger charge is -2.22. The van der Waals surface area contributed by atoms with Crippen molar-refractivity contribution in [3.8, 4) is 50.7 Å². The second kappa shape index (κ2) is 12.7. The van der Waals surface area contributed by atoms with Crippen molar-refractivity contribution in [2.45, 2.75) is 79.6 Å². The maximum absolute atomic E-state index is 11.4. The van der Waals surface area contributed by atoms with Crippen LogP contribution in [0.15, 0.2) is 100 Å². The van der Waals surface area contributed by atoms with Gasteiger partial charge in [0.25, 0.3) is 0 Å². The summed E-state index contributed by atoms with van der Waals surface area (Å²) in [4.78, 5) is 14.7. The first-order valence-corrected chi connectivity index (χ1v) is 18.5. The van der Waals surface area contributed by atoms with Crippen LogP contribution in [0.25, 0.3) is 77.9 Å². The molecule has 6 nitrogen and oxygen atoms in total. The zero-order chi connectivity index (χ0) is 37.3. The molecule has 5 aromatic carbocycles. The van der Waals surface area contributed by atoms with Gasteiger partial charge in [0.05, 0.1) is 16.8 Å². The Kier molecular flexibility index (Phi) is 8.25. The minimum absolute atomic E-state index is 0.0918. The summed E-state index contributed by atoms with van der Waals surface area (Å²) in [6.07, 6.45) is 1.64. The Balaban J connectivity index is 1.47. The van der Waals surface area contributed by atoms with Gasteiger partial charge in [0.2, 0.25) is 5.89 Å². The Morgan fingerprint density at radius 1 is 0.698 bits per heavy atom. The molecule has 8 rings (SSSR count). The number of nitrogens with zero attached hydrogens (tertiary/aromatic N) is 3. The lowest BCUT2D eigenvalue weighted by molar-refractivity contribution is 0.474. The quantitative estimate of drug-likeness (QED) is 0.186. The number of benzene rings is 5. The lowest BCUT2D eigenvalue weighted by Crippen LogP contribution is -2.11. The summed E-state index contributed by atoms with van der Waals surface area (Å²) in [6.45, 7) is 19.6. The average Bonchev–Trinajstić information content (AvgIpc) is 3.70. The fourth-order valence-corrected chi connectivity index (χ4v) is 7.66. The molecule has 0 fully saturated rings. The molecule has 0 radical (unpaired) electrons. The molecule has 0 saturated heterocycles. The molecule has 0 aliphatic rings. The van der Waals surface area contributed by atoms with Crippen LogP contribution in [-0.4, -0.2) is 20.1 Å². The minimum Gasteiger partial charge on any atom is -0.507 e. The smallest absolute Gasteiger partial charge is 0.231 e. The number of aromatic hydroxyl groups is 1.